The van der Waals surface area contributed by atoms with Crippen molar-refractivity contribution >= 4 is 11.6 Å². The minimum atomic E-state index is -0.130. The van der Waals surface area contributed by atoms with Crippen molar-refractivity contribution in [3.05, 3.63) is 34.6 Å². The Balaban J connectivity index is 2.24. The zero-order chi connectivity index (χ0) is 12.6. The molecule has 0 aliphatic heterocycles. The number of aryl methyl sites for hydroxylation is 3. The smallest absolute Gasteiger partial charge is 0.0946 e. The van der Waals surface area contributed by atoms with Gasteiger partial charge in [0.05, 0.1) is 34.5 Å². The van der Waals surface area contributed by atoms with Gasteiger partial charge in [0.1, 0.15) is 0 Å². The van der Waals surface area contributed by atoms with Crippen LogP contribution in [0.25, 0.3) is 0 Å². The van der Waals surface area contributed by atoms with Crippen LogP contribution in [-0.4, -0.2) is 19.3 Å². The highest BCUT2D eigenvalue weighted by atomic mass is 35.5. The molecule has 0 aliphatic rings. The van der Waals surface area contributed by atoms with Gasteiger partial charge in [0.2, 0.25) is 0 Å². The van der Waals surface area contributed by atoms with E-state index in [1.165, 1.54) is 0 Å². The van der Waals surface area contributed by atoms with Crippen molar-refractivity contribution < 1.29 is 0 Å². The molecular formula is C11H16ClN5. The summed E-state index contributed by atoms with van der Waals surface area (Å²) in [7, 11) is 3.81. The third-order valence-corrected chi connectivity index (χ3v) is 3.40. The van der Waals surface area contributed by atoms with Crippen LogP contribution in [0.4, 0.5) is 0 Å². The summed E-state index contributed by atoms with van der Waals surface area (Å²) >= 11 is 6.20. The minimum Gasteiger partial charge on any atom is -0.336 e. The molecule has 0 bridgehead atoms. The Morgan fingerprint density at radius 2 is 2.18 bits per heavy atom. The highest BCUT2D eigenvalue weighted by Crippen LogP contribution is 2.24. The van der Waals surface area contributed by atoms with Crippen LogP contribution in [0.2, 0.25) is 5.02 Å². The summed E-state index contributed by atoms with van der Waals surface area (Å²) in [6.07, 6.45) is 4.17. The molecule has 0 saturated carbocycles. The quantitative estimate of drug-likeness (QED) is 0.899. The van der Waals surface area contributed by atoms with Crippen molar-refractivity contribution in [2.75, 3.05) is 0 Å². The molecule has 2 aromatic heterocycles. The number of hydrogen-bond donors (Lipinski definition) is 1. The van der Waals surface area contributed by atoms with E-state index in [0.29, 0.717) is 11.4 Å². The molecule has 92 valence electrons. The van der Waals surface area contributed by atoms with Crippen molar-refractivity contribution in [2.24, 2.45) is 19.8 Å². The van der Waals surface area contributed by atoms with E-state index in [0.717, 1.165) is 17.1 Å². The lowest BCUT2D eigenvalue weighted by atomic mass is 10.1. The van der Waals surface area contributed by atoms with Gasteiger partial charge in [-0.15, -0.1) is 0 Å². The van der Waals surface area contributed by atoms with E-state index >= 15 is 0 Å². The number of aromatic nitrogens is 4. The summed E-state index contributed by atoms with van der Waals surface area (Å²) in [5.74, 6) is 0. The van der Waals surface area contributed by atoms with Crippen LogP contribution < -0.4 is 5.73 Å². The predicted octanol–water partition coefficient (Wildman–Crippen LogP) is 1.36. The summed E-state index contributed by atoms with van der Waals surface area (Å²) in [5.41, 5.74) is 8.94. The molecule has 2 heterocycles. The molecule has 0 spiro atoms. The number of rotatable bonds is 3. The number of halogens is 1. The van der Waals surface area contributed by atoms with Crippen LogP contribution in [0.5, 0.6) is 0 Å². The Kier molecular flexibility index (Phi) is 3.22. The molecule has 6 heteroatoms. The van der Waals surface area contributed by atoms with Crippen molar-refractivity contribution in [1.29, 1.82) is 0 Å². The van der Waals surface area contributed by atoms with Gasteiger partial charge >= 0.3 is 0 Å². The summed E-state index contributed by atoms with van der Waals surface area (Å²) in [4.78, 5) is 4.06. The standard InChI is InChI=1S/C11H16ClN5/c1-7-11(12)9(17(3)15-7)4-8(13)10-5-14-6-16(10)2/h5-6,8H,4,13H2,1-3H3. The van der Waals surface area contributed by atoms with Gasteiger partial charge in [-0.1, -0.05) is 11.6 Å². The molecule has 0 amide bonds. The van der Waals surface area contributed by atoms with Gasteiger partial charge in [-0.25, -0.2) is 4.98 Å². The van der Waals surface area contributed by atoms with E-state index < -0.39 is 0 Å². The van der Waals surface area contributed by atoms with Gasteiger partial charge in [-0.05, 0) is 6.92 Å². The molecule has 1 atom stereocenters. The van der Waals surface area contributed by atoms with E-state index in [2.05, 4.69) is 10.1 Å². The minimum absolute atomic E-state index is 0.130. The monoisotopic (exact) mass is 253 g/mol. The summed E-state index contributed by atoms with van der Waals surface area (Å²) < 4.78 is 3.70. The van der Waals surface area contributed by atoms with Crippen molar-refractivity contribution in [3.63, 3.8) is 0 Å². The lowest BCUT2D eigenvalue weighted by molar-refractivity contribution is 0.610. The maximum absolute atomic E-state index is 6.20. The van der Waals surface area contributed by atoms with Crippen LogP contribution >= 0.6 is 11.6 Å². The lowest BCUT2D eigenvalue weighted by Gasteiger charge is -2.12. The van der Waals surface area contributed by atoms with Gasteiger partial charge in [0.15, 0.2) is 0 Å². The van der Waals surface area contributed by atoms with Crippen molar-refractivity contribution in [1.82, 2.24) is 19.3 Å². The van der Waals surface area contributed by atoms with Crippen molar-refractivity contribution in [3.8, 4) is 0 Å². The molecule has 0 aromatic carbocycles. The van der Waals surface area contributed by atoms with Crippen LogP contribution in [0, 0.1) is 6.92 Å². The first-order valence-corrected chi connectivity index (χ1v) is 5.78. The van der Waals surface area contributed by atoms with E-state index in [9.17, 15) is 0 Å². The van der Waals surface area contributed by atoms with Gasteiger partial charge < -0.3 is 10.3 Å². The molecule has 0 saturated heterocycles. The largest absolute Gasteiger partial charge is 0.336 e. The number of nitrogens with zero attached hydrogens (tertiary/aromatic N) is 4. The molecular weight excluding hydrogens is 238 g/mol. The Labute approximate surface area is 105 Å². The molecule has 2 aromatic rings. The van der Waals surface area contributed by atoms with Gasteiger partial charge in [-0.3, -0.25) is 4.68 Å². The molecule has 0 fully saturated rings. The highest BCUT2D eigenvalue weighted by molar-refractivity contribution is 6.31. The average Bonchev–Trinajstić information content (AvgIpc) is 2.78. The molecule has 17 heavy (non-hydrogen) atoms. The molecule has 2 N–H and O–H groups in total. The fraction of sp³-hybridized carbons (Fsp3) is 0.455. The zero-order valence-electron chi connectivity index (χ0n) is 10.2. The third kappa shape index (κ3) is 2.21. The number of nitrogens with two attached hydrogens (primary N) is 1. The Morgan fingerprint density at radius 3 is 2.65 bits per heavy atom. The average molecular weight is 254 g/mol. The highest BCUT2D eigenvalue weighted by Gasteiger charge is 2.17. The second-order valence-corrected chi connectivity index (χ2v) is 4.59. The lowest BCUT2D eigenvalue weighted by Crippen LogP contribution is -2.18. The molecule has 2 rings (SSSR count). The zero-order valence-corrected chi connectivity index (χ0v) is 10.9. The summed E-state index contributed by atoms with van der Waals surface area (Å²) in [6.45, 7) is 1.89. The van der Waals surface area contributed by atoms with Crippen LogP contribution in [-0.2, 0) is 20.5 Å². The normalized spacial score (nSPS) is 13.0. The van der Waals surface area contributed by atoms with Crippen LogP contribution in [0.3, 0.4) is 0 Å². The number of imidazole rings is 1. The summed E-state index contributed by atoms with van der Waals surface area (Å²) in [5, 5.41) is 4.97. The van der Waals surface area contributed by atoms with Gasteiger partial charge in [0.25, 0.3) is 0 Å². The molecule has 0 radical (unpaired) electrons. The second-order valence-electron chi connectivity index (χ2n) is 4.21. The SMILES string of the molecule is Cc1nn(C)c(CC(N)c2cncn2C)c1Cl. The Hall–Kier alpha value is -1.33. The van der Waals surface area contributed by atoms with Gasteiger partial charge in [0, 0.05) is 26.7 Å². The maximum atomic E-state index is 6.20. The topological polar surface area (TPSA) is 61.7 Å². The van der Waals surface area contributed by atoms with E-state index in [4.69, 9.17) is 17.3 Å². The van der Waals surface area contributed by atoms with E-state index in [1.54, 1.807) is 17.2 Å². The fourth-order valence-electron chi connectivity index (χ4n) is 1.94. The first-order chi connectivity index (χ1) is 8.00. The molecule has 5 nitrogen and oxygen atoms in total. The Bertz CT molecular complexity index is 528. The molecule has 1 unspecified atom stereocenters. The van der Waals surface area contributed by atoms with Crippen LogP contribution in [0.1, 0.15) is 23.1 Å². The first-order valence-electron chi connectivity index (χ1n) is 5.40. The summed E-state index contributed by atoms with van der Waals surface area (Å²) in [6, 6.07) is -0.130. The van der Waals surface area contributed by atoms with E-state index in [1.807, 2.05) is 25.6 Å². The van der Waals surface area contributed by atoms with Crippen LogP contribution in [0.15, 0.2) is 12.5 Å². The fourth-order valence-corrected chi connectivity index (χ4v) is 2.18. The second kappa shape index (κ2) is 4.50. The predicted molar refractivity (Wildman–Crippen MR) is 66.8 cm³/mol. The third-order valence-electron chi connectivity index (χ3n) is 2.91. The first kappa shape index (κ1) is 12.1. The maximum Gasteiger partial charge on any atom is 0.0946 e. The number of hydrogen-bond acceptors (Lipinski definition) is 3. The Morgan fingerprint density at radius 1 is 1.47 bits per heavy atom. The van der Waals surface area contributed by atoms with Gasteiger partial charge in [-0.2, -0.15) is 5.10 Å². The van der Waals surface area contributed by atoms with E-state index in [-0.39, 0.29) is 6.04 Å². The van der Waals surface area contributed by atoms with Crippen molar-refractivity contribution in [2.45, 2.75) is 19.4 Å². The molecule has 0 aliphatic carbocycles.